The fourth-order valence-corrected chi connectivity index (χ4v) is 1.43. The number of pyridine rings is 1. The average molecular weight is 278 g/mol. The van der Waals surface area contributed by atoms with Crippen molar-refractivity contribution in [3.63, 3.8) is 0 Å². The van der Waals surface area contributed by atoms with Crippen molar-refractivity contribution in [2.45, 2.75) is 0 Å². The molecular weight excluding hydrogens is 269 g/mol. The Balaban J connectivity index is 2.03. The van der Waals surface area contributed by atoms with E-state index in [-0.39, 0.29) is 11.5 Å². The summed E-state index contributed by atoms with van der Waals surface area (Å²) < 4.78 is 38.4. The van der Waals surface area contributed by atoms with Gasteiger partial charge in [-0.15, -0.1) is 0 Å². The lowest BCUT2D eigenvalue weighted by Crippen LogP contribution is -2.10. The molecule has 0 unspecified atom stereocenters. The van der Waals surface area contributed by atoms with E-state index in [4.69, 9.17) is 0 Å². The number of nitrogens with zero attached hydrogens (tertiary/aromatic N) is 1. The zero-order valence-electron chi connectivity index (χ0n) is 10.1. The fourth-order valence-electron chi connectivity index (χ4n) is 1.43. The number of rotatable bonds is 3. The first kappa shape index (κ1) is 13.8. The first-order valence-electron chi connectivity index (χ1n) is 5.61. The number of amides is 1. The second-order valence-electron chi connectivity index (χ2n) is 3.85. The maximum atomic E-state index is 13.2. The summed E-state index contributed by atoms with van der Waals surface area (Å²) in [7, 11) is 0. The number of carbonyl (C=O) groups excluding carboxylic acids is 1. The average Bonchev–Trinajstić information content (AvgIpc) is 2.41. The van der Waals surface area contributed by atoms with Gasteiger partial charge >= 0.3 is 0 Å². The van der Waals surface area contributed by atoms with Crippen LogP contribution in [-0.4, -0.2) is 10.9 Å². The Hall–Kier alpha value is -2.63. The van der Waals surface area contributed by atoms with E-state index in [2.05, 4.69) is 10.3 Å². The van der Waals surface area contributed by atoms with Crippen LogP contribution in [0.3, 0.4) is 0 Å². The van der Waals surface area contributed by atoms with Gasteiger partial charge in [-0.25, -0.2) is 4.39 Å². The van der Waals surface area contributed by atoms with Gasteiger partial charge in [-0.1, -0.05) is 12.1 Å². The van der Waals surface area contributed by atoms with E-state index in [1.54, 1.807) is 0 Å². The van der Waals surface area contributed by atoms with Crippen molar-refractivity contribution >= 4 is 17.7 Å². The molecular formula is C14H9F3N2O. The van der Waals surface area contributed by atoms with Gasteiger partial charge in [-0.05, 0) is 35.9 Å². The molecule has 1 aromatic carbocycles. The normalized spacial score (nSPS) is 10.8. The maximum absolute atomic E-state index is 13.2. The van der Waals surface area contributed by atoms with E-state index in [9.17, 15) is 18.0 Å². The standard InChI is InChI=1S/C14H9F3N2O/c15-10-4-1-9(2-5-10)3-8-13(20)18-11-6-7-12(16)19-14(11)17/h1-8H,(H,18,20)/b8-3+. The summed E-state index contributed by atoms with van der Waals surface area (Å²) in [6.07, 6.45) is 2.58. The van der Waals surface area contributed by atoms with Crippen LogP contribution < -0.4 is 5.32 Å². The third kappa shape index (κ3) is 3.68. The molecule has 0 aliphatic carbocycles. The maximum Gasteiger partial charge on any atom is 0.248 e. The van der Waals surface area contributed by atoms with Crippen LogP contribution in [0.1, 0.15) is 5.56 Å². The summed E-state index contributed by atoms with van der Waals surface area (Å²) >= 11 is 0. The second-order valence-corrected chi connectivity index (χ2v) is 3.85. The van der Waals surface area contributed by atoms with Crippen molar-refractivity contribution in [2.24, 2.45) is 0 Å². The predicted molar refractivity (Wildman–Crippen MR) is 68.2 cm³/mol. The van der Waals surface area contributed by atoms with Crippen molar-refractivity contribution in [3.8, 4) is 0 Å². The molecule has 1 amide bonds. The molecule has 102 valence electrons. The number of nitrogens with one attached hydrogen (secondary N) is 1. The van der Waals surface area contributed by atoms with E-state index in [0.717, 1.165) is 18.2 Å². The molecule has 6 heteroatoms. The molecule has 0 bridgehead atoms. The lowest BCUT2D eigenvalue weighted by molar-refractivity contribution is -0.111. The van der Waals surface area contributed by atoms with Gasteiger partial charge in [-0.2, -0.15) is 13.8 Å². The second kappa shape index (κ2) is 6.01. The van der Waals surface area contributed by atoms with Gasteiger partial charge in [0, 0.05) is 6.08 Å². The van der Waals surface area contributed by atoms with E-state index < -0.39 is 17.8 Å². The lowest BCUT2D eigenvalue weighted by Gasteiger charge is -2.02. The van der Waals surface area contributed by atoms with Crippen molar-refractivity contribution in [1.82, 2.24) is 4.98 Å². The summed E-state index contributed by atoms with van der Waals surface area (Å²) in [6, 6.07) is 7.48. The molecule has 0 atom stereocenters. The quantitative estimate of drug-likeness (QED) is 0.692. The molecule has 1 N–H and O–H groups in total. The zero-order chi connectivity index (χ0) is 14.5. The zero-order valence-corrected chi connectivity index (χ0v) is 10.1. The van der Waals surface area contributed by atoms with Crippen LogP contribution in [0.4, 0.5) is 18.9 Å². The first-order valence-corrected chi connectivity index (χ1v) is 5.61. The van der Waals surface area contributed by atoms with Crippen molar-refractivity contribution in [1.29, 1.82) is 0 Å². The third-order valence-corrected chi connectivity index (χ3v) is 2.37. The fraction of sp³-hybridized carbons (Fsp3) is 0. The SMILES string of the molecule is O=C(/C=C/c1ccc(F)cc1)Nc1ccc(F)nc1F. The Labute approximate surface area is 112 Å². The van der Waals surface area contributed by atoms with Crippen LogP contribution in [0.2, 0.25) is 0 Å². The van der Waals surface area contributed by atoms with Gasteiger partial charge in [0.05, 0.1) is 5.69 Å². The van der Waals surface area contributed by atoms with Crippen molar-refractivity contribution in [2.75, 3.05) is 5.32 Å². The van der Waals surface area contributed by atoms with E-state index in [0.29, 0.717) is 5.56 Å². The van der Waals surface area contributed by atoms with Gasteiger partial charge in [-0.3, -0.25) is 4.79 Å². The van der Waals surface area contributed by atoms with Crippen LogP contribution >= 0.6 is 0 Å². The number of benzene rings is 1. The highest BCUT2D eigenvalue weighted by Gasteiger charge is 2.07. The molecule has 0 saturated carbocycles. The predicted octanol–water partition coefficient (Wildman–Crippen LogP) is 3.15. The van der Waals surface area contributed by atoms with E-state index >= 15 is 0 Å². The van der Waals surface area contributed by atoms with Crippen molar-refractivity contribution < 1.29 is 18.0 Å². The number of anilines is 1. The molecule has 20 heavy (non-hydrogen) atoms. The highest BCUT2D eigenvalue weighted by molar-refractivity contribution is 6.01. The number of hydrogen-bond donors (Lipinski definition) is 1. The Morgan fingerprint density at radius 2 is 1.75 bits per heavy atom. The van der Waals surface area contributed by atoms with Gasteiger partial charge in [0.25, 0.3) is 0 Å². The van der Waals surface area contributed by atoms with E-state index in [1.165, 1.54) is 30.3 Å². The molecule has 1 heterocycles. The molecule has 3 nitrogen and oxygen atoms in total. The highest BCUT2D eigenvalue weighted by atomic mass is 19.1. The third-order valence-electron chi connectivity index (χ3n) is 2.37. The van der Waals surface area contributed by atoms with Gasteiger partial charge in [0.1, 0.15) is 5.82 Å². The summed E-state index contributed by atoms with van der Waals surface area (Å²) in [6.45, 7) is 0. The smallest absolute Gasteiger partial charge is 0.248 e. The molecule has 2 rings (SSSR count). The van der Waals surface area contributed by atoms with Gasteiger partial charge < -0.3 is 5.32 Å². The number of halogens is 3. The molecule has 2 aromatic rings. The minimum absolute atomic E-state index is 0.222. The molecule has 0 aliphatic heterocycles. The summed E-state index contributed by atoms with van der Waals surface area (Å²) in [5.74, 6) is -3.07. The molecule has 0 spiro atoms. The number of hydrogen-bond acceptors (Lipinski definition) is 2. The Kier molecular flexibility index (Phi) is 4.14. The van der Waals surface area contributed by atoms with Crippen LogP contribution in [0.25, 0.3) is 6.08 Å². The minimum Gasteiger partial charge on any atom is -0.319 e. The van der Waals surface area contributed by atoms with Gasteiger partial charge in [0.2, 0.25) is 17.8 Å². The number of carbonyl (C=O) groups is 1. The number of aromatic nitrogens is 1. The molecule has 1 aromatic heterocycles. The van der Waals surface area contributed by atoms with Crippen LogP contribution in [-0.2, 0) is 4.79 Å². The van der Waals surface area contributed by atoms with Crippen LogP contribution in [0, 0.1) is 17.7 Å². The van der Waals surface area contributed by atoms with E-state index in [1.807, 2.05) is 0 Å². The summed E-state index contributed by atoms with van der Waals surface area (Å²) in [5.41, 5.74) is 0.388. The molecule has 0 fully saturated rings. The largest absolute Gasteiger partial charge is 0.319 e. The summed E-state index contributed by atoms with van der Waals surface area (Å²) in [4.78, 5) is 14.5. The van der Waals surface area contributed by atoms with Crippen LogP contribution in [0.5, 0.6) is 0 Å². The topological polar surface area (TPSA) is 42.0 Å². The summed E-state index contributed by atoms with van der Waals surface area (Å²) in [5, 5.41) is 2.22. The van der Waals surface area contributed by atoms with Crippen molar-refractivity contribution in [3.05, 3.63) is 65.8 Å². The first-order chi connectivity index (χ1) is 9.54. The lowest BCUT2D eigenvalue weighted by atomic mass is 10.2. The monoisotopic (exact) mass is 278 g/mol. The molecule has 0 aliphatic rings. The Morgan fingerprint density at radius 1 is 1.05 bits per heavy atom. The highest BCUT2D eigenvalue weighted by Crippen LogP contribution is 2.12. The Morgan fingerprint density at radius 3 is 2.40 bits per heavy atom. The van der Waals surface area contributed by atoms with Gasteiger partial charge in [0.15, 0.2) is 0 Å². The minimum atomic E-state index is -1.10. The Bertz CT molecular complexity index is 654. The molecule has 0 radical (unpaired) electrons. The van der Waals surface area contributed by atoms with Crippen LogP contribution in [0.15, 0.2) is 42.5 Å². The molecule has 0 saturated heterocycles.